The number of hydrogen-bond donors (Lipinski definition) is 0. The summed E-state index contributed by atoms with van der Waals surface area (Å²) in [5, 5.41) is 10.3. The van der Waals surface area contributed by atoms with Crippen LogP contribution in [0, 0.1) is 11.3 Å². The van der Waals surface area contributed by atoms with Crippen LogP contribution in [0.15, 0.2) is 30.3 Å². The maximum absolute atomic E-state index is 12.6. The number of amides is 1. The third-order valence-corrected chi connectivity index (χ3v) is 9.28. The monoisotopic (exact) mass is 566 g/mol. The number of nitriles is 1. The van der Waals surface area contributed by atoms with Gasteiger partial charge in [0.25, 0.3) is 0 Å². The SMILES string of the molecule is CC(C)(C)OC(=O)N1CCN(c2nc(N3CCS(=O)(=O)CC3)c(C#N)c3c2CCN(Cc2ccccc2)C3)CC1. The number of ether oxygens (including phenoxy) is 1. The van der Waals surface area contributed by atoms with Crippen LogP contribution in [0.4, 0.5) is 16.4 Å². The first-order chi connectivity index (χ1) is 19.0. The van der Waals surface area contributed by atoms with Gasteiger partial charge in [-0.25, -0.2) is 18.2 Å². The molecule has 1 aromatic carbocycles. The Balaban J connectivity index is 1.45. The van der Waals surface area contributed by atoms with E-state index in [1.165, 1.54) is 5.56 Å². The number of aromatic nitrogens is 1. The Bertz CT molecular complexity index is 1380. The molecule has 0 spiro atoms. The van der Waals surface area contributed by atoms with Gasteiger partial charge < -0.3 is 19.4 Å². The molecule has 11 heteroatoms. The molecule has 2 fully saturated rings. The van der Waals surface area contributed by atoms with Crippen molar-refractivity contribution in [3.8, 4) is 6.07 Å². The molecule has 0 unspecified atom stereocenters. The fourth-order valence-corrected chi connectivity index (χ4v) is 6.79. The van der Waals surface area contributed by atoms with Crippen molar-refractivity contribution < 1.29 is 17.9 Å². The maximum Gasteiger partial charge on any atom is 0.410 e. The Morgan fingerprint density at radius 2 is 1.60 bits per heavy atom. The molecule has 3 aliphatic rings. The van der Waals surface area contributed by atoms with E-state index in [4.69, 9.17) is 9.72 Å². The molecule has 0 N–H and O–H groups in total. The summed E-state index contributed by atoms with van der Waals surface area (Å²) in [5.41, 5.74) is 3.28. The molecule has 0 bridgehead atoms. The van der Waals surface area contributed by atoms with Crippen LogP contribution >= 0.6 is 0 Å². The van der Waals surface area contributed by atoms with Crippen molar-refractivity contribution in [1.82, 2.24) is 14.8 Å². The number of benzene rings is 1. The third kappa shape index (κ3) is 6.34. The van der Waals surface area contributed by atoms with Crippen molar-refractivity contribution >= 4 is 27.6 Å². The molecule has 40 heavy (non-hydrogen) atoms. The van der Waals surface area contributed by atoms with Crippen molar-refractivity contribution in [1.29, 1.82) is 5.26 Å². The van der Waals surface area contributed by atoms with Gasteiger partial charge in [0.05, 0.1) is 17.1 Å². The van der Waals surface area contributed by atoms with Crippen molar-refractivity contribution in [3.63, 3.8) is 0 Å². The lowest BCUT2D eigenvalue weighted by molar-refractivity contribution is 0.0240. The maximum atomic E-state index is 12.6. The molecule has 0 atom stereocenters. The van der Waals surface area contributed by atoms with Crippen molar-refractivity contribution in [2.75, 3.05) is 67.1 Å². The van der Waals surface area contributed by atoms with E-state index in [2.05, 4.69) is 28.0 Å². The lowest BCUT2D eigenvalue weighted by Crippen LogP contribution is -2.51. The fraction of sp³-hybridized carbons (Fsp3) is 0.552. The van der Waals surface area contributed by atoms with E-state index in [9.17, 15) is 18.5 Å². The average molecular weight is 567 g/mol. The van der Waals surface area contributed by atoms with Crippen molar-refractivity contribution in [2.45, 2.75) is 45.9 Å². The van der Waals surface area contributed by atoms with Crippen molar-refractivity contribution in [3.05, 3.63) is 52.6 Å². The van der Waals surface area contributed by atoms with Gasteiger partial charge in [-0.2, -0.15) is 5.26 Å². The normalized spacial score (nSPS) is 19.6. The molecule has 1 amide bonds. The number of piperazine rings is 1. The first kappa shape index (κ1) is 28.2. The molecule has 0 saturated carbocycles. The fourth-order valence-electron chi connectivity index (χ4n) is 5.59. The Labute approximate surface area is 237 Å². The number of nitrogens with zero attached hydrogens (tertiary/aromatic N) is 6. The van der Waals surface area contributed by atoms with Crippen LogP contribution in [0.3, 0.4) is 0 Å². The minimum absolute atomic E-state index is 0.0562. The number of pyridine rings is 1. The van der Waals surface area contributed by atoms with E-state index >= 15 is 0 Å². The van der Waals surface area contributed by atoms with Gasteiger partial charge >= 0.3 is 6.09 Å². The highest BCUT2D eigenvalue weighted by Crippen LogP contribution is 2.36. The molecular weight excluding hydrogens is 528 g/mol. The van der Waals surface area contributed by atoms with Gasteiger partial charge in [-0.05, 0) is 38.3 Å². The number of hydrogen-bond acceptors (Lipinski definition) is 9. The zero-order valence-electron chi connectivity index (χ0n) is 23.6. The van der Waals surface area contributed by atoms with E-state index in [0.29, 0.717) is 57.2 Å². The number of carbonyl (C=O) groups excluding carboxylic acids is 1. The highest BCUT2D eigenvalue weighted by molar-refractivity contribution is 7.91. The molecule has 214 valence electrons. The molecule has 1 aromatic heterocycles. The first-order valence-corrected chi connectivity index (χ1v) is 15.8. The quantitative estimate of drug-likeness (QED) is 0.552. The number of fused-ring (bicyclic) bond motifs is 1. The highest BCUT2D eigenvalue weighted by Gasteiger charge is 2.33. The minimum Gasteiger partial charge on any atom is -0.444 e. The summed E-state index contributed by atoms with van der Waals surface area (Å²) in [6.45, 7) is 10.7. The molecule has 3 aliphatic heterocycles. The van der Waals surface area contributed by atoms with Gasteiger partial charge in [0, 0.05) is 64.5 Å². The smallest absolute Gasteiger partial charge is 0.410 e. The molecule has 0 aliphatic carbocycles. The lowest BCUT2D eigenvalue weighted by atomic mass is 9.94. The van der Waals surface area contributed by atoms with Gasteiger partial charge in [0.2, 0.25) is 0 Å². The standard InChI is InChI=1S/C29H38N6O4S/c1-29(2,3)39-28(36)35-13-11-33(12-14-35)26-23-9-10-32(20-22-7-5-4-6-8-22)21-25(23)24(19-30)27(31-26)34-15-17-40(37,38)18-16-34/h4-8H,9-18,20-21H2,1-3H3. The van der Waals surface area contributed by atoms with E-state index in [1.54, 1.807) is 4.90 Å². The van der Waals surface area contributed by atoms with Crippen molar-refractivity contribution in [2.24, 2.45) is 0 Å². The summed E-state index contributed by atoms with van der Waals surface area (Å²) < 4.78 is 29.9. The van der Waals surface area contributed by atoms with Gasteiger partial charge in [0.15, 0.2) is 9.84 Å². The Hall–Kier alpha value is -3.36. The second-order valence-corrected chi connectivity index (χ2v) is 14.0. The molecular formula is C29H38N6O4S. The molecule has 4 heterocycles. The second kappa shape index (κ2) is 11.3. The zero-order chi connectivity index (χ0) is 28.5. The number of sulfone groups is 1. The molecule has 5 rings (SSSR count). The van der Waals surface area contributed by atoms with Gasteiger partial charge in [0.1, 0.15) is 23.3 Å². The summed E-state index contributed by atoms with van der Waals surface area (Å²) >= 11 is 0. The minimum atomic E-state index is -3.08. The Kier molecular flexibility index (Phi) is 7.93. The summed E-state index contributed by atoms with van der Waals surface area (Å²) in [7, 11) is -3.08. The molecule has 10 nitrogen and oxygen atoms in total. The number of anilines is 2. The third-order valence-electron chi connectivity index (χ3n) is 7.67. The number of carbonyl (C=O) groups is 1. The number of rotatable bonds is 4. The topological polar surface area (TPSA) is 110 Å². The Morgan fingerprint density at radius 1 is 0.950 bits per heavy atom. The van der Waals surface area contributed by atoms with Crippen LogP contribution in [0.5, 0.6) is 0 Å². The second-order valence-electron chi connectivity index (χ2n) is 11.7. The Morgan fingerprint density at radius 3 is 2.23 bits per heavy atom. The van der Waals surface area contributed by atoms with E-state index in [1.807, 2.05) is 43.9 Å². The zero-order valence-corrected chi connectivity index (χ0v) is 24.4. The van der Waals surface area contributed by atoms with Crippen LogP contribution < -0.4 is 9.80 Å². The molecule has 0 radical (unpaired) electrons. The lowest BCUT2D eigenvalue weighted by Gasteiger charge is -2.40. The van der Waals surface area contributed by atoms with Crippen LogP contribution in [-0.2, 0) is 34.1 Å². The summed E-state index contributed by atoms with van der Waals surface area (Å²) in [6.07, 6.45) is 0.453. The van der Waals surface area contributed by atoms with Gasteiger partial charge in [-0.3, -0.25) is 4.90 Å². The summed E-state index contributed by atoms with van der Waals surface area (Å²) in [5.74, 6) is 1.53. The molecule has 2 aromatic rings. The van der Waals surface area contributed by atoms with Crippen LogP contribution in [-0.4, -0.2) is 92.2 Å². The largest absolute Gasteiger partial charge is 0.444 e. The summed E-state index contributed by atoms with van der Waals surface area (Å²) in [6, 6.07) is 12.7. The van der Waals surface area contributed by atoms with E-state index in [-0.39, 0.29) is 17.6 Å². The van der Waals surface area contributed by atoms with Crippen LogP contribution in [0.25, 0.3) is 0 Å². The first-order valence-electron chi connectivity index (χ1n) is 13.9. The van der Waals surface area contributed by atoms with Crippen LogP contribution in [0.1, 0.15) is 43.0 Å². The van der Waals surface area contributed by atoms with E-state index < -0.39 is 15.4 Å². The van der Waals surface area contributed by atoms with Gasteiger partial charge in [-0.15, -0.1) is 0 Å². The van der Waals surface area contributed by atoms with Crippen LogP contribution in [0.2, 0.25) is 0 Å². The predicted octanol–water partition coefficient (Wildman–Crippen LogP) is 2.80. The highest BCUT2D eigenvalue weighted by atomic mass is 32.2. The van der Waals surface area contributed by atoms with E-state index in [0.717, 1.165) is 36.5 Å². The summed E-state index contributed by atoms with van der Waals surface area (Å²) in [4.78, 5) is 26.0. The predicted molar refractivity (Wildman–Crippen MR) is 154 cm³/mol. The van der Waals surface area contributed by atoms with Gasteiger partial charge in [-0.1, -0.05) is 30.3 Å². The average Bonchev–Trinajstić information content (AvgIpc) is 2.92. The molecule has 2 saturated heterocycles.